The van der Waals surface area contributed by atoms with Gasteiger partial charge in [-0.05, 0) is 24.3 Å². The van der Waals surface area contributed by atoms with Crippen molar-refractivity contribution in [3.63, 3.8) is 0 Å². The molecule has 6 heteroatoms. The van der Waals surface area contributed by atoms with Gasteiger partial charge < -0.3 is 0 Å². The molecule has 0 unspecified atom stereocenters. The summed E-state index contributed by atoms with van der Waals surface area (Å²) in [5.74, 6) is 0. The fourth-order valence-corrected chi connectivity index (χ4v) is 3.49. The van der Waals surface area contributed by atoms with E-state index in [4.69, 9.17) is 11.6 Å². The van der Waals surface area contributed by atoms with E-state index in [1.807, 2.05) is 0 Å². The minimum Gasteiger partial charge on any atom is -0.263 e. The Morgan fingerprint density at radius 2 is 2.24 bits per heavy atom. The Morgan fingerprint density at radius 1 is 1.53 bits per heavy atom. The third kappa shape index (κ3) is 2.78. The van der Waals surface area contributed by atoms with E-state index in [0.29, 0.717) is 6.54 Å². The van der Waals surface area contributed by atoms with Crippen LogP contribution in [0.5, 0.6) is 0 Å². The Hall–Kier alpha value is -0.650. The monoisotopic (exact) mass is 274 g/mol. The second-order valence-electron chi connectivity index (χ2n) is 4.79. The Labute approximate surface area is 106 Å². The van der Waals surface area contributed by atoms with Crippen LogP contribution in [0, 0.1) is 5.41 Å². The fourth-order valence-electron chi connectivity index (χ4n) is 1.86. The Morgan fingerprint density at radius 3 is 2.76 bits per heavy atom. The number of hydrogen-bond donors (Lipinski definition) is 1. The minimum atomic E-state index is -3.54. The molecule has 4 nitrogen and oxygen atoms in total. The molecule has 1 N–H and O–H groups in total. The van der Waals surface area contributed by atoms with E-state index < -0.39 is 10.0 Å². The molecule has 2 rings (SSSR count). The lowest BCUT2D eigenvalue weighted by Gasteiger charge is -2.38. The summed E-state index contributed by atoms with van der Waals surface area (Å²) in [5.41, 5.74) is 0.0990. The molecule has 0 atom stereocenters. The largest absolute Gasteiger partial charge is 0.263 e. The summed E-state index contributed by atoms with van der Waals surface area (Å²) in [5, 5.41) is 0.200. The molecule has 0 bridgehead atoms. The quantitative estimate of drug-likeness (QED) is 0.916. The highest BCUT2D eigenvalue weighted by Gasteiger charge is 2.33. The number of sulfonamides is 1. The third-order valence-corrected chi connectivity index (χ3v) is 5.14. The first-order valence-electron chi connectivity index (χ1n) is 5.52. The van der Waals surface area contributed by atoms with Crippen LogP contribution >= 0.6 is 11.6 Å². The molecule has 1 saturated carbocycles. The predicted molar refractivity (Wildman–Crippen MR) is 66.4 cm³/mol. The molecule has 0 aromatic carbocycles. The molecule has 94 valence electrons. The van der Waals surface area contributed by atoms with Crippen LogP contribution in [0.25, 0.3) is 0 Å². The van der Waals surface area contributed by atoms with E-state index in [-0.39, 0.29) is 15.3 Å². The molecule has 1 aromatic rings. The van der Waals surface area contributed by atoms with Crippen LogP contribution in [-0.4, -0.2) is 19.9 Å². The molecule has 0 saturated heterocycles. The molecule has 0 aliphatic heterocycles. The zero-order valence-electron chi connectivity index (χ0n) is 9.61. The normalized spacial score (nSPS) is 18.7. The summed E-state index contributed by atoms with van der Waals surface area (Å²) >= 11 is 5.85. The lowest BCUT2D eigenvalue weighted by Crippen LogP contribution is -2.39. The first kappa shape index (κ1) is 12.8. The van der Waals surface area contributed by atoms with Crippen molar-refractivity contribution in [2.45, 2.75) is 31.1 Å². The SMILES string of the molecule is CC1(CNS(=O)(=O)c2cnccc2Cl)CCC1. The average molecular weight is 275 g/mol. The molecule has 1 aliphatic rings. The van der Waals surface area contributed by atoms with Gasteiger partial charge in [0.15, 0.2) is 0 Å². The Bertz CT molecular complexity index is 512. The van der Waals surface area contributed by atoms with Crippen LogP contribution in [0.15, 0.2) is 23.4 Å². The van der Waals surface area contributed by atoms with E-state index in [2.05, 4.69) is 16.6 Å². The Balaban J connectivity index is 2.12. The first-order chi connectivity index (χ1) is 7.93. The lowest BCUT2D eigenvalue weighted by molar-refractivity contribution is 0.166. The van der Waals surface area contributed by atoms with Crippen LogP contribution < -0.4 is 4.72 Å². The molecule has 0 radical (unpaired) electrons. The smallest absolute Gasteiger partial charge is 0.243 e. The zero-order chi connectivity index (χ0) is 12.5. The molecule has 1 heterocycles. The number of nitrogens with one attached hydrogen (secondary N) is 1. The average Bonchev–Trinajstić information content (AvgIpc) is 2.24. The Kier molecular flexibility index (Phi) is 3.43. The maximum Gasteiger partial charge on any atom is 0.243 e. The second-order valence-corrected chi connectivity index (χ2v) is 6.94. The van der Waals surface area contributed by atoms with Gasteiger partial charge in [-0.2, -0.15) is 0 Å². The number of rotatable bonds is 4. The van der Waals surface area contributed by atoms with Crippen molar-refractivity contribution in [3.8, 4) is 0 Å². The van der Waals surface area contributed by atoms with Crippen LogP contribution in [-0.2, 0) is 10.0 Å². The van der Waals surface area contributed by atoms with Crippen molar-refractivity contribution in [1.29, 1.82) is 0 Å². The van der Waals surface area contributed by atoms with Crippen LogP contribution in [0.2, 0.25) is 5.02 Å². The van der Waals surface area contributed by atoms with E-state index in [1.165, 1.54) is 24.9 Å². The summed E-state index contributed by atoms with van der Waals surface area (Å²) in [6.07, 6.45) is 6.04. The topological polar surface area (TPSA) is 59.1 Å². The van der Waals surface area contributed by atoms with E-state index >= 15 is 0 Å². The van der Waals surface area contributed by atoms with Gasteiger partial charge in [0.05, 0.1) is 5.02 Å². The molecule has 0 amide bonds. The second kappa shape index (κ2) is 4.55. The molecule has 1 aliphatic carbocycles. The summed E-state index contributed by atoms with van der Waals surface area (Å²) in [7, 11) is -3.54. The highest BCUT2D eigenvalue weighted by atomic mass is 35.5. The maximum absolute atomic E-state index is 12.0. The first-order valence-corrected chi connectivity index (χ1v) is 7.38. The zero-order valence-corrected chi connectivity index (χ0v) is 11.2. The fraction of sp³-hybridized carbons (Fsp3) is 0.545. The van der Waals surface area contributed by atoms with Gasteiger partial charge in [0.1, 0.15) is 4.90 Å². The van der Waals surface area contributed by atoms with Gasteiger partial charge in [0, 0.05) is 18.9 Å². The number of nitrogens with zero attached hydrogens (tertiary/aromatic N) is 1. The minimum absolute atomic E-state index is 0.0459. The van der Waals surface area contributed by atoms with Crippen molar-refractivity contribution in [3.05, 3.63) is 23.5 Å². The molecule has 0 spiro atoms. The number of aromatic nitrogens is 1. The molecular formula is C11H15ClN2O2S. The summed E-state index contributed by atoms with van der Waals surface area (Å²) in [4.78, 5) is 3.83. The van der Waals surface area contributed by atoms with Gasteiger partial charge in [-0.3, -0.25) is 4.98 Å². The van der Waals surface area contributed by atoms with Crippen molar-refractivity contribution in [2.24, 2.45) is 5.41 Å². The number of halogens is 1. The van der Waals surface area contributed by atoms with Gasteiger partial charge in [-0.15, -0.1) is 0 Å². The summed E-state index contributed by atoms with van der Waals surface area (Å²) < 4.78 is 26.6. The summed E-state index contributed by atoms with van der Waals surface area (Å²) in [6.45, 7) is 2.55. The highest BCUT2D eigenvalue weighted by molar-refractivity contribution is 7.89. The molecule has 1 fully saturated rings. The van der Waals surface area contributed by atoms with Gasteiger partial charge in [0.2, 0.25) is 10.0 Å². The van der Waals surface area contributed by atoms with E-state index in [1.54, 1.807) is 0 Å². The lowest BCUT2D eigenvalue weighted by atomic mass is 9.71. The van der Waals surface area contributed by atoms with Crippen LogP contribution in [0.1, 0.15) is 26.2 Å². The van der Waals surface area contributed by atoms with Gasteiger partial charge in [-0.1, -0.05) is 24.9 Å². The van der Waals surface area contributed by atoms with Crippen LogP contribution in [0.4, 0.5) is 0 Å². The van der Waals surface area contributed by atoms with Crippen molar-refractivity contribution >= 4 is 21.6 Å². The van der Waals surface area contributed by atoms with Gasteiger partial charge in [0.25, 0.3) is 0 Å². The third-order valence-electron chi connectivity index (χ3n) is 3.27. The number of pyridine rings is 1. The number of hydrogen-bond acceptors (Lipinski definition) is 3. The van der Waals surface area contributed by atoms with Gasteiger partial charge in [-0.25, -0.2) is 13.1 Å². The van der Waals surface area contributed by atoms with Gasteiger partial charge >= 0.3 is 0 Å². The molecular weight excluding hydrogens is 260 g/mol. The molecule has 17 heavy (non-hydrogen) atoms. The van der Waals surface area contributed by atoms with Crippen molar-refractivity contribution < 1.29 is 8.42 Å². The maximum atomic E-state index is 12.0. The highest BCUT2D eigenvalue weighted by Crippen LogP contribution is 2.39. The van der Waals surface area contributed by atoms with E-state index in [9.17, 15) is 8.42 Å². The standard InChI is InChI=1S/C11H15ClN2O2S/c1-11(4-2-5-11)8-14-17(15,16)10-7-13-6-3-9(10)12/h3,6-7,14H,2,4-5,8H2,1H3. The molecule has 1 aromatic heterocycles. The predicted octanol–water partition coefficient (Wildman–Crippen LogP) is 2.20. The van der Waals surface area contributed by atoms with E-state index in [0.717, 1.165) is 12.8 Å². The van der Waals surface area contributed by atoms with Crippen molar-refractivity contribution in [2.75, 3.05) is 6.54 Å². The van der Waals surface area contributed by atoms with Crippen molar-refractivity contribution in [1.82, 2.24) is 9.71 Å². The van der Waals surface area contributed by atoms with Crippen LogP contribution in [0.3, 0.4) is 0 Å². The summed E-state index contributed by atoms with van der Waals surface area (Å²) in [6, 6.07) is 1.47.